The molecule has 1 heterocycles. The van der Waals surface area contributed by atoms with E-state index in [1.807, 2.05) is 0 Å². The summed E-state index contributed by atoms with van der Waals surface area (Å²) in [5.74, 6) is 2.59. The van der Waals surface area contributed by atoms with Gasteiger partial charge in [-0.3, -0.25) is 0 Å². The van der Waals surface area contributed by atoms with E-state index in [1.165, 1.54) is 25.9 Å². The molecule has 1 atom stereocenters. The van der Waals surface area contributed by atoms with Gasteiger partial charge in [-0.05, 0) is 25.9 Å². The van der Waals surface area contributed by atoms with Crippen LogP contribution in [0.15, 0.2) is 0 Å². The highest BCUT2D eigenvalue weighted by Crippen LogP contribution is 2.07. The van der Waals surface area contributed by atoms with Gasteiger partial charge in [0.25, 0.3) is 0 Å². The van der Waals surface area contributed by atoms with E-state index in [2.05, 4.69) is 10.8 Å². The van der Waals surface area contributed by atoms with Gasteiger partial charge in [-0.15, -0.1) is 12.3 Å². The van der Waals surface area contributed by atoms with Gasteiger partial charge in [0.2, 0.25) is 0 Å². The third kappa shape index (κ3) is 2.92. The highest BCUT2D eigenvalue weighted by atomic mass is 15.1. The SMILES string of the molecule is C#CCC(N)CN1CCCC1. The van der Waals surface area contributed by atoms with Gasteiger partial charge in [-0.1, -0.05) is 0 Å². The molecule has 0 aliphatic carbocycles. The van der Waals surface area contributed by atoms with E-state index in [-0.39, 0.29) is 6.04 Å². The quantitative estimate of drug-likeness (QED) is 0.594. The summed E-state index contributed by atoms with van der Waals surface area (Å²) in [6.45, 7) is 3.39. The molecule has 1 saturated heterocycles. The van der Waals surface area contributed by atoms with Crippen LogP contribution in [0.3, 0.4) is 0 Å². The Bertz CT molecular complexity index is 142. The zero-order valence-corrected chi connectivity index (χ0v) is 6.92. The van der Waals surface area contributed by atoms with Crippen molar-refractivity contribution in [2.24, 2.45) is 5.73 Å². The normalized spacial score (nSPS) is 21.5. The van der Waals surface area contributed by atoms with Gasteiger partial charge in [0.15, 0.2) is 0 Å². The van der Waals surface area contributed by atoms with E-state index >= 15 is 0 Å². The van der Waals surface area contributed by atoms with Gasteiger partial charge in [0.1, 0.15) is 0 Å². The third-order valence-electron chi connectivity index (χ3n) is 2.07. The molecule has 1 unspecified atom stereocenters. The number of hydrogen-bond acceptors (Lipinski definition) is 2. The molecular weight excluding hydrogens is 136 g/mol. The minimum Gasteiger partial charge on any atom is -0.326 e. The van der Waals surface area contributed by atoms with Crippen LogP contribution in [0.2, 0.25) is 0 Å². The Kier molecular flexibility index (Phi) is 3.41. The second-order valence-electron chi connectivity index (χ2n) is 3.18. The Morgan fingerprint density at radius 2 is 2.09 bits per heavy atom. The second kappa shape index (κ2) is 4.38. The number of hydrogen-bond donors (Lipinski definition) is 1. The minimum absolute atomic E-state index is 0.179. The highest BCUT2D eigenvalue weighted by Gasteiger charge is 2.13. The fourth-order valence-corrected chi connectivity index (χ4v) is 1.51. The maximum absolute atomic E-state index is 5.78. The van der Waals surface area contributed by atoms with Crippen molar-refractivity contribution in [1.82, 2.24) is 4.90 Å². The summed E-state index contributed by atoms with van der Waals surface area (Å²) in [6.07, 6.45) is 8.50. The Balaban J connectivity index is 2.14. The molecule has 1 aliphatic rings. The number of terminal acetylenes is 1. The van der Waals surface area contributed by atoms with Crippen LogP contribution in [0.5, 0.6) is 0 Å². The van der Waals surface area contributed by atoms with Crippen molar-refractivity contribution in [3.05, 3.63) is 0 Å². The first-order chi connectivity index (χ1) is 5.33. The summed E-state index contributed by atoms with van der Waals surface area (Å²) in [5.41, 5.74) is 5.78. The first kappa shape index (κ1) is 8.58. The van der Waals surface area contributed by atoms with Crippen LogP contribution in [-0.2, 0) is 0 Å². The van der Waals surface area contributed by atoms with E-state index < -0.39 is 0 Å². The highest BCUT2D eigenvalue weighted by molar-refractivity contribution is 4.89. The molecule has 62 valence electrons. The lowest BCUT2D eigenvalue weighted by molar-refractivity contribution is 0.315. The predicted octanol–water partition coefficient (Wildman–Crippen LogP) is 0.433. The Morgan fingerprint density at radius 1 is 1.45 bits per heavy atom. The van der Waals surface area contributed by atoms with E-state index in [4.69, 9.17) is 12.2 Å². The molecule has 1 aliphatic heterocycles. The van der Waals surface area contributed by atoms with Crippen molar-refractivity contribution in [2.75, 3.05) is 19.6 Å². The van der Waals surface area contributed by atoms with Gasteiger partial charge in [0.05, 0.1) is 0 Å². The smallest absolute Gasteiger partial charge is 0.0278 e. The van der Waals surface area contributed by atoms with Crippen LogP contribution in [0.1, 0.15) is 19.3 Å². The monoisotopic (exact) mass is 152 g/mol. The predicted molar refractivity (Wildman–Crippen MR) is 47.1 cm³/mol. The number of rotatable bonds is 3. The standard InChI is InChI=1S/C9H16N2/c1-2-5-9(10)8-11-6-3-4-7-11/h1,9H,3-8,10H2. The first-order valence-corrected chi connectivity index (χ1v) is 4.24. The average Bonchev–Trinajstić information content (AvgIpc) is 2.40. The number of nitrogens with zero attached hydrogens (tertiary/aromatic N) is 1. The summed E-state index contributed by atoms with van der Waals surface area (Å²) in [5, 5.41) is 0. The molecule has 0 bridgehead atoms. The fourth-order valence-electron chi connectivity index (χ4n) is 1.51. The van der Waals surface area contributed by atoms with Crippen molar-refractivity contribution >= 4 is 0 Å². The molecular formula is C9H16N2. The summed E-state index contributed by atoms with van der Waals surface area (Å²) in [4.78, 5) is 2.39. The molecule has 0 aromatic carbocycles. The molecule has 0 aromatic heterocycles. The van der Waals surface area contributed by atoms with Crippen LogP contribution in [0.25, 0.3) is 0 Å². The lowest BCUT2D eigenvalue weighted by atomic mass is 10.2. The molecule has 1 rings (SSSR count). The first-order valence-electron chi connectivity index (χ1n) is 4.24. The average molecular weight is 152 g/mol. The van der Waals surface area contributed by atoms with E-state index in [0.717, 1.165) is 6.54 Å². The van der Waals surface area contributed by atoms with Crippen molar-refractivity contribution < 1.29 is 0 Å². The molecule has 2 N–H and O–H groups in total. The van der Waals surface area contributed by atoms with Gasteiger partial charge in [-0.25, -0.2) is 0 Å². The van der Waals surface area contributed by atoms with Gasteiger partial charge >= 0.3 is 0 Å². The van der Waals surface area contributed by atoms with Crippen LogP contribution in [0, 0.1) is 12.3 Å². The minimum atomic E-state index is 0.179. The summed E-state index contributed by atoms with van der Waals surface area (Å²) in [6, 6.07) is 0.179. The number of nitrogens with two attached hydrogens (primary N) is 1. The summed E-state index contributed by atoms with van der Waals surface area (Å²) >= 11 is 0. The molecule has 0 aromatic rings. The van der Waals surface area contributed by atoms with Crippen molar-refractivity contribution in [3.8, 4) is 12.3 Å². The zero-order chi connectivity index (χ0) is 8.10. The lowest BCUT2D eigenvalue weighted by Crippen LogP contribution is -2.35. The largest absolute Gasteiger partial charge is 0.326 e. The van der Waals surface area contributed by atoms with E-state index in [9.17, 15) is 0 Å². The van der Waals surface area contributed by atoms with Crippen LogP contribution >= 0.6 is 0 Å². The third-order valence-corrected chi connectivity index (χ3v) is 2.07. The van der Waals surface area contributed by atoms with Crippen LogP contribution < -0.4 is 5.73 Å². The van der Waals surface area contributed by atoms with Crippen molar-refractivity contribution in [1.29, 1.82) is 0 Å². The fraction of sp³-hybridized carbons (Fsp3) is 0.778. The zero-order valence-electron chi connectivity index (χ0n) is 6.92. The van der Waals surface area contributed by atoms with E-state index in [1.54, 1.807) is 0 Å². The van der Waals surface area contributed by atoms with Gasteiger partial charge in [-0.2, -0.15) is 0 Å². The molecule has 0 amide bonds. The molecule has 0 saturated carbocycles. The van der Waals surface area contributed by atoms with Crippen LogP contribution in [-0.4, -0.2) is 30.6 Å². The molecule has 1 fully saturated rings. The topological polar surface area (TPSA) is 29.3 Å². The van der Waals surface area contributed by atoms with Crippen molar-refractivity contribution in [2.45, 2.75) is 25.3 Å². The molecule has 2 nitrogen and oxygen atoms in total. The maximum atomic E-state index is 5.78. The van der Waals surface area contributed by atoms with Gasteiger partial charge in [0, 0.05) is 19.0 Å². The molecule has 0 spiro atoms. The molecule has 2 heteroatoms. The van der Waals surface area contributed by atoms with Crippen molar-refractivity contribution in [3.63, 3.8) is 0 Å². The van der Waals surface area contributed by atoms with E-state index in [0.29, 0.717) is 6.42 Å². The summed E-state index contributed by atoms with van der Waals surface area (Å²) < 4.78 is 0. The lowest BCUT2D eigenvalue weighted by Gasteiger charge is -2.18. The molecule has 11 heavy (non-hydrogen) atoms. The second-order valence-corrected chi connectivity index (χ2v) is 3.18. The Labute approximate surface area is 68.8 Å². The van der Waals surface area contributed by atoms with Crippen LogP contribution in [0.4, 0.5) is 0 Å². The molecule has 0 radical (unpaired) electrons. The number of likely N-dealkylation sites (tertiary alicyclic amines) is 1. The Hall–Kier alpha value is -0.520. The summed E-state index contributed by atoms with van der Waals surface area (Å²) in [7, 11) is 0. The van der Waals surface area contributed by atoms with Gasteiger partial charge < -0.3 is 10.6 Å². The maximum Gasteiger partial charge on any atom is 0.0278 e. The Morgan fingerprint density at radius 3 is 2.64 bits per heavy atom.